The number of hydrogen-bond donors (Lipinski definition) is 1. The van der Waals surface area contributed by atoms with Crippen molar-refractivity contribution in [3.05, 3.63) is 0 Å². The molecule has 2 rings (SSSR count). The number of rotatable bonds is 1. The zero-order valence-electron chi connectivity index (χ0n) is 6.72. The molecule has 58 valence electrons. The fourth-order valence-corrected chi connectivity index (χ4v) is 2.94. The first-order chi connectivity index (χ1) is 4.77. The van der Waals surface area contributed by atoms with Gasteiger partial charge >= 0.3 is 0 Å². The molecule has 0 aromatic carbocycles. The molecule has 4 atom stereocenters. The summed E-state index contributed by atoms with van der Waals surface area (Å²) < 4.78 is 0. The highest BCUT2D eigenvalue weighted by molar-refractivity contribution is 4.92. The van der Waals surface area contributed by atoms with Crippen LogP contribution in [-0.2, 0) is 0 Å². The molecule has 0 heterocycles. The molecule has 0 amide bonds. The average Bonchev–Trinajstić information content (AvgIpc) is 2.44. The van der Waals surface area contributed by atoms with Crippen LogP contribution in [0.1, 0.15) is 32.6 Å². The van der Waals surface area contributed by atoms with Gasteiger partial charge in [-0.2, -0.15) is 0 Å². The second kappa shape index (κ2) is 2.23. The van der Waals surface area contributed by atoms with Crippen molar-refractivity contribution in [3.8, 4) is 0 Å². The number of fused-ring (bicyclic) bond motifs is 2. The lowest BCUT2D eigenvalue weighted by atomic mass is 9.84. The van der Waals surface area contributed by atoms with Gasteiger partial charge in [0.1, 0.15) is 0 Å². The molecule has 2 saturated carbocycles. The van der Waals surface area contributed by atoms with Crippen LogP contribution in [0, 0.1) is 17.8 Å². The Morgan fingerprint density at radius 3 is 2.40 bits per heavy atom. The van der Waals surface area contributed by atoms with Gasteiger partial charge in [0.2, 0.25) is 0 Å². The lowest BCUT2D eigenvalue weighted by Crippen LogP contribution is -2.30. The van der Waals surface area contributed by atoms with E-state index in [9.17, 15) is 0 Å². The molecule has 2 aliphatic rings. The topological polar surface area (TPSA) is 26.0 Å². The Morgan fingerprint density at radius 2 is 2.10 bits per heavy atom. The zero-order valence-corrected chi connectivity index (χ0v) is 6.72. The fraction of sp³-hybridized carbons (Fsp3) is 1.00. The Bertz CT molecular complexity index is 131. The van der Waals surface area contributed by atoms with Crippen LogP contribution in [-0.4, -0.2) is 6.04 Å². The van der Waals surface area contributed by atoms with E-state index in [1.54, 1.807) is 0 Å². The predicted molar refractivity (Wildman–Crippen MR) is 42.6 cm³/mol. The van der Waals surface area contributed by atoms with Crippen LogP contribution in [0.5, 0.6) is 0 Å². The molecule has 0 unspecified atom stereocenters. The van der Waals surface area contributed by atoms with E-state index in [-0.39, 0.29) is 0 Å². The SMILES string of the molecule is C[C@@H](N)[C@H]1C[C@H]2CC[C@H]1C2. The van der Waals surface area contributed by atoms with Gasteiger partial charge in [-0.1, -0.05) is 6.42 Å². The Balaban J connectivity index is 2.02. The largest absolute Gasteiger partial charge is 0.328 e. The summed E-state index contributed by atoms with van der Waals surface area (Å²) in [5, 5.41) is 0. The normalized spacial score (nSPS) is 48.0. The van der Waals surface area contributed by atoms with Gasteiger partial charge in [0, 0.05) is 6.04 Å². The van der Waals surface area contributed by atoms with Crippen molar-refractivity contribution >= 4 is 0 Å². The van der Waals surface area contributed by atoms with E-state index in [4.69, 9.17) is 5.73 Å². The molecular weight excluding hydrogens is 122 g/mol. The highest BCUT2D eigenvalue weighted by Gasteiger charge is 2.40. The lowest BCUT2D eigenvalue weighted by Gasteiger charge is -2.24. The first kappa shape index (κ1) is 6.66. The fourth-order valence-electron chi connectivity index (χ4n) is 2.94. The van der Waals surface area contributed by atoms with Crippen LogP contribution in [0.25, 0.3) is 0 Å². The molecule has 2 bridgehead atoms. The Hall–Kier alpha value is -0.0400. The van der Waals surface area contributed by atoms with Gasteiger partial charge in [-0.05, 0) is 43.9 Å². The predicted octanol–water partition coefficient (Wildman–Crippen LogP) is 1.77. The summed E-state index contributed by atoms with van der Waals surface area (Å²) in [5.74, 6) is 2.93. The Morgan fingerprint density at radius 1 is 1.30 bits per heavy atom. The smallest absolute Gasteiger partial charge is 0.00415 e. The van der Waals surface area contributed by atoms with E-state index >= 15 is 0 Å². The van der Waals surface area contributed by atoms with Crippen molar-refractivity contribution in [3.63, 3.8) is 0 Å². The van der Waals surface area contributed by atoms with Crippen molar-refractivity contribution in [2.24, 2.45) is 23.5 Å². The highest BCUT2D eigenvalue weighted by atomic mass is 14.7. The van der Waals surface area contributed by atoms with E-state index in [0.29, 0.717) is 6.04 Å². The Kier molecular flexibility index (Phi) is 1.48. The van der Waals surface area contributed by atoms with Gasteiger partial charge in [-0.15, -0.1) is 0 Å². The molecule has 1 nitrogen and oxygen atoms in total. The minimum atomic E-state index is 0.454. The summed E-state index contributed by atoms with van der Waals surface area (Å²) in [5.41, 5.74) is 5.88. The lowest BCUT2D eigenvalue weighted by molar-refractivity contribution is 0.293. The zero-order chi connectivity index (χ0) is 7.14. The van der Waals surface area contributed by atoms with Crippen molar-refractivity contribution in [1.82, 2.24) is 0 Å². The van der Waals surface area contributed by atoms with Crippen LogP contribution < -0.4 is 5.73 Å². The summed E-state index contributed by atoms with van der Waals surface area (Å²) >= 11 is 0. The molecule has 0 radical (unpaired) electrons. The maximum atomic E-state index is 5.88. The third-order valence-electron chi connectivity index (χ3n) is 3.47. The second-order valence-electron chi connectivity index (χ2n) is 4.20. The molecule has 0 aliphatic heterocycles. The average molecular weight is 139 g/mol. The third kappa shape index (κ3) is 0.878. The minimum Gasteiger partial charge on any atom is -0.328 e. The van der Waals surface area contributed by atoms with E-state index in [2.05, 4.69) is 6.92 Å². The molecule has 2 fully saturated rings. The molecule has 0 aromatic heterocycles. The van der Waals surface area contributed by atoms with Crippen LogP contribution in [0.2, 0.25) is 0 Å². The van der Waals surface area contributed by atoms with E-state index < -0.39 is 0 Å². The van der Waals surface area contributed by atoms with E-state index in [1.807, 2.05) is 0 Å². The van der Waals surface area contributed by atoms with Crippen molar-refractivity contribution in [1.29, 1.82) is 0 Å². The highest BCUT2D eigenvalue weighted by Crippen LogP contribution is 2.49. The standard InChI is InChI=1S/C9H17N/c1-6(10)9-5-7-2-3-8(9)4-7/h6-9H,2-5,10H2,1H3/t6-,7+,8+,9-/m1/s1. The van der Waals surface area contributed by atoms with Gasteiger partial charge < -0.3 is 5.73 Å². The van der Waals surface area contributed by atoms with Crippen LogP contribution in [0.3, 0.4) is 0 Å². The van der Waals surface area contributed by atoms with E-state index in [0.717, 1.165) is 17.8 Å². The third-order valence-corrected chi connectivity index (χ3v) is 3.47. The van der Waals surface area contributed by atoms with Gasteiger partial charge in [-0.25, -0.2) is 0 Å². The van der Waals surface area contributed by atoms with Crippen LogP contribution in [0.4, 0.5) is 0 Å². The summed E-state index contributed by atoms with van der Waals surface area (Å²) in [6, 6.07) is 0.454. The van der Waals surface area contributed by atoms with Crippen molar-refractivity contribution in [2.45, 2.75) is 38.6 Å². The molecular formula is C9H17N. The minimum absolute atomic E-state index is 0.454. The van der Waals surface area contributed by atoms with Crippen LogP contribution in [0.15, 0.2) is 0 Å². The van der Waals surface area contributed by atoms with Crippen LogP contribution >= 0.6 is 0 Å². The Labute approximate surface area is 63.0 Å². The number of nitrogens with two attached hydrogens (primary N) is 1. The van der Waals surface area contributed by atoms with E-state index in [1.165, 1.54) is 25.7 Å². The molecule has 1 heteroatoms. The van der Waals surface area contributed by atoms with Gasteiger partial charge in [0.25, 0.3) is 0 Å². The number of hydrogen-bond acceptors (Lipinski definition) is 1. The summed E-state index contributed by atoms with van der Waals surface area (Å²) in [6.45, 7) is 2.17. The van der Waals surface area contributed by atoms with Gasteiger partial charge in [-0.3, -0.25) is 0 Å². The molecule has 2 N–H and O–H groups in total. The molecule has 0 spiro atoms. The van der Waals surface area contributed by atoms with Crippen molar-refractivity contribution in [2.75, 3.05) is 0 Å². The van der Waals surface area contributed by atoms with Gasteiger partial charge in [0.05, 0.1) is 0 Å². The maximum Gasteiger partial charge on any atom is 0.00415 e. The quantitative estimate of drug-likeness (QED) is 0.588. The summed E-state index contributed by atoms with van der Waals surface area (Å²) in [7, 11) is 0. The molecule has 2 aliphatic carbocycles. The first-order valence-electron chi connectivity index (χ1n) is 4.53. The molecule has 0 aromatic rings. The first-order valence-corrected chi connectivity index (χ1v) is 4.53. The van der Waals surface area contributed by atoms with Gasteiger partial charge in [0.15, 0.2) is 0 Å². The summed E-state index contributed by atoms with van der Waals surface area (Å²) in [4.78, 5) is 0. The summed E-state index contributed by atoms with van der Waals surface area (Å²) in [6.07, 6.45) is 5.89. The maximum absolute atomic E-state index is 5.88. The molecule has 10 heavy (non-hydrogen) atoms. The monoisotopic (exact) mass is 139 g/mol. The molecule has 0 saturated heterocycles. The van der Waals surface area contributed by atoms with Crippen molar-refractivity contribution < 1.29 is 0 Å². The second-order valence-corrected chi connectivity index (χ2v) is 4.20.